The van der Waals surface area contributed by atoms with E-state index in [1.807, 2.05) is 24.3 Å². The highest BCUT2D eigenvalue weighted by molar-refractivity contribution is 5.95. The molecule has 122 valence electrons. The highest BCUT2D eigenvalue weighted by atomic mass is 16.5. The quantitative estimate of drug-likeness (QED) is 0.690. The first-order valence-electron chi connectivity index (χ1n) is 7.55. The van der Waals surface area contributed by atoms with Gasteiger partial charge in [0.15, 0.2) is 12.4 Å². The van der Waals surface area contributed by atoms with Crippen molar-refractivity contribution in [3.8, 4) is 0 Å². The lowest BCUT2D eigenvalue weighted by Crippen LogP contribution is -2.23. The van der Waals surface area contributed by atoms with Crippen LogP contribution in [0.2, 0.25) is 0 Å². The number of para-hydroxylation sites is 1. The molecular weight excluding hydrogens is 308 g/mol. The van der Waals surface area contributed by atoms with Crippen LogP contribution in [0.4, 0.5) is 11.4 Å². The van der Waals surface area contributed by atoms with Gasteiger partial charge >= 0.3 is 5.97 Å². The number of amidine groups is 1. The molecule has 0 aliphatic carbocycles. The zero-order valence-electron chi connectivity index (χ0n) is 13.1. The van der Waals surface area contributed by atoms with Crippen LogP contribution in [0.25, 0.3) is 0 Å². The van der Waals surface area contributed by atoms with Crippen molar-refractivity contribution in [2.45, 2.75) is 13.0 Å². The molecule has 0 aromatic heterocycles. The Morgan fingerprint density at radius 3 is 2.71 bits per heavy atom. The second kappa shape index (κ2) is 6.95. The van der Waals surface area contributed by atoms with Crippen LogP contribution in [0.5, 0.6) is 0 Å². The standard InChI is InChI=1S/C18H16N2O4/c1-2-23-17(22)12-7-9-13(10-8-12)19-18-20-15-6-4-3-5-14(15)16(11-21)24-18/h3-11,16H,2H2,1H3,(H,19,20). The van der Waals surface area contributed by atoms with Gasteiger partial charge in [-0.15, -0.1) is 0 Å². The van der Waals surface area contributed by atoms with Gasteiger partial charge in [0.1, 0.15) is 0 Å². The van der Waals surface area contributed by atoms with Gasteiger partial charge in [-0.2, -0.15) is 4.99 Å². The number of esters is 1. The summed E-state index contributed by atoms with van der Waals surface area (Å²) in [6.45, 7) is 2.09. The molecule has 0 saturated heterocycles. The Hall–Kier alpha value is -3.15. The molecule has 1 aliphatic rings. The van der Waals surface area contributed by atoms with Crippen LogP contribution >= 0.6 is 0 Å². The van der Waals surface area contributed by atoms with Crippen molar-refractivity contribution in [1.82, 2.24) is 0 Å². The molecule has 0 amide bonds. The molecular formula is C18H16N2O4. The predicted molar refractivity (Wildman–Crippen MR) is 89.4 cm³/mol. The number of ether oxygens (including phenoxy) is 2. The van der Waals surface area contributed by atoms with Crippen molar-refractivity contribution in [1.29, 1.82) is 0 Å². The number of anilines is 1. The van der Waals surface area contributed by atoms with E-state index < -0.39 is 6.10 Å². The van der Waals surface area contributed by atoms with Crippen molar-refractivity contribution in [2.24, 2.45) is 4.99 Å². The molecule has 1 atom stereocenters. The molecule has 3 rings (SSSR count). The first-order valence-corrected chi connectivity index (χ1v) is 7.55. The number of carbonyl (C=O) groups is 2. The molecule has 0 bridgehead atoms. The second-order valence-corrected chi connectivity index (χ2v) is 5.07. The van der Waals surface area contributed by atoms with Crippen LogP contribution in [-0.4, -0.2) is 24.9 Å². The van der Waals surface area contributed by atoms with Gasteiger partial charge in [-0.3, -0.25) is 4.79 Å². The molecule has 6 heteroatoms. The minimum atomic E-state index is -0.694. The smallest absolute Gasteiger partial charge is 0.338 e. The Morgan fingerprint density at radius 2 is 2.00 bits per heavy atom. The zero-order chi connectivity index (χ0) is 16.9. The van der Waals surface area contributed by atoms with E-state index in [1.165, 1.54) is 0 Å². The molecule has 6 nitrogen and oxygen atoms in total. The monoisotopic (exact) mass is 324 g/mol. The topological polar surface area (TPSA) is 77.0 Å². The number of benzene rings is 2. The normalized spacial score (nSPS) is 15.5. The van der Waals surface area contributed by atoms with Crippen molar-refractivity contribution in [3.63, 3.8) is 0 Å². The fourth-order valence-corrected chi connectivity index (χ4v) is 2.34. The summed E-state index contributed by atoms with van der Waals surface area (Å²) in [6.07, 6.45) is 0.0407. The highest BCUT2D eigenvalue weighted by Gasteiger charge is 2.23. The summed E-state index contributed by atoms with van der Waals surface area (Å²) in [7, 11) is 0. The lowest BCUT2D eigenvalue weighted by Gasteiger charge is -2.22. The van der Waals surface area contributed by atoms with Gasteiger partial charge in [-0.05, 0) is 37.3 Å². The molecule has 0 saturated carbocycles. The SMILES string of the molecule is CCOC(=O)c1ccc(NC2=Nc3ccccc3C(C=O)O2)cc1. The Morgan fingerprint density at radius 1 is 1.25 bits per heavy atom. The summed E-state index contributed by atoms with van der Waals surface area (Å²) in [5, 5.41) is 3.00. The number of hydrogen-bond acceptors (Lipinski definition) is 6. The van der Waals surface area contributed by atoms with Gasteiger partial charge in [0.2, 0.25) is 0 Å². The Bertz CT molecular complexity index is 784. The van der Waals surface area contributed by atoms with Crippen LogP contribution in [0.3, 0.4) is 0 Å². The minimum Gasteiger partial charge on any atom is -0.462 e. The van der Waals surface area contributed by atoms with E-state index in [4.69, 9.17) is 9.47 Å². The number of nitrogens with one attached hydrogen (secondary N) is 1. The van der Waals surface area contributed by atoms with E-state index in [9.17, 15) is 9.59 Å². The van der Waals surface area contributed by atoms with E-state index in [0.717, 1.165) is 11.8 Å². The Labute approximate surface area is 139 Å². The van der Waals surface area contributed by atoms with Crippen LogP contribution in [0, 0.1) is 0 Å². The number of aldehydes is 1. The summed E-state index contributed by atoms with van der Waals surface area (Å²) in [5.41, 5.74) is 2.57. The fraction of sp³-hybridized carbons (Fsp3) is 0.167. The molecule has 0 spiro atoms. The van der Waals surface area contributed by atoms with Crippen LogP contribution < -0.4 is 5.32 Å². The van der Waals surface area contributed by atoms with Crippen molar-refractivity contribution >= 4 is 29.7 Å². The van der Waals surface area contributed by atoms with Gasteiger partial charge in [0.25, 0.3) is 6.02 Å². The summed E-state index contributed by atoms with van der Waals surface area (Å²) < 4.78 is 10.5. The maximum Gasteiger partial charge on any atom is 0.338 e. The number of carbonyl (C=O) groups excluding carboxylic acids is 2. The predicted octanol–water partition coefficient (Wildman–Crippen LogP) is 3.23. The molecule has 0 radical (unpaired) electrons. The number of nitrogens with zero attached hydrogens (tertiary/aromatic N) is 1. The van der Waals surface area contributed by atoms with Gasteiger partial charge in [0, 0.05) is 11.3 Å². The molecule has 1 heterocycles. The van der Waals surface area contributed by atoms with Crippen molar-refractivity contribution in [2.75, 3.05) is 11.9 Å². The molecule has 2 aromatic rings. The summed E-state index contributed by atoms with van der Waals surface area (Å²) >= 11 is 0. The van der Waals surface area contributed by atoms with E-state index in [-0.39, 0.29) is 12.0 Å². The zero-order valence-corrected chi connectivity index (χ0v) is 13.1. The second-order valence-electron chi connectivity index (χ2n) is 5.07. The summed E-state index contributed by atoms with van der Waals surface area (Å²) in [5.74, 6) is -0.370. The first kappa shape index (κ1) is 15.7. The summed E-state index contributed by atoms with van der Waals surface area (Å²) in [6, 6.07) is 14.3. The average molecular weight is 324 g/mol. The number of fused-ring (bicyclic) bond motifs is 1. The van der Waals surface area contributed by atoms with Gasteiger partial charge in [-0.1, -0.05) is 18.2 Å². The van der Waals surface area contributed by atoms with Crippen LogP contribution in [-0.2, 0) is 14.3 Å². The highest BCUT2D eigenvalue weighted by Crippen LogP contribution is 2.31. The molecule has 1 unspecified atom stereocenters. The van der Waals surface area contributed by atoms with Crippen LogP contribution in [0.15, 0.2) is 53.5 Å². The Kier molecular flexibility index (Phi) is 4.56. The molecule has 1 N–H and O–H groups in total. The largest absolute Gasteiger partial charge is 0.462 e. The number of rotatable bonds is 4. The lowest BCUT2D eigenvalue weighted by atomic mass is 10.1. The van der Waals surface area contributed by atoms with E-state index in [1.54, 1.807) is 31.2 Å². The molecule has 24 heavy (non-hydrogen) atoms. The van der Waals surface area contributed by atoms with Gasteiger partial charge < -0.3 is 14.8 Å². The maximum absolute atomic E-state index is 11.6. The maximum atomic E-state index is 11.6. The third-order valence-electron chi connectivity index (χ3n) is 3.47. The third-order valence-corrected chi connectivity index (χ3v) is 3.47. The summed E-state index contributed by atoms with van der Waals surface area (Å²) in [4.78, 5) is 27.2. The van der Waals surface area contributed by atoms with E-state index >= 15 is 0 Å². The van der Waals surface area contributed by atoms with Crippen molar-refractivity contribution in [3.05, 3.63) is 59.7 Å². The van der Waals surface area contributed by atoms with E-state index in [0.29, 0.717) is 23.5 Å². The lowest BCUT2D eigenvalue weighted by molar-refractivity contribution is -0.114. The number of hydrogen-bond donors (Lipinski definition) is 1. The third kappa shape index (κ3) is 3.27. The minimum absolute atomic E-state index is 0.231. The first-order chi connectivity index (χ1) is 11.7. The molecule has 1 aliphatic heterocycles. The van der Waals surface area contributed by atoms with E-state index in [2.05, 4.69) is 10.3 Å². The van der Waals surface area contributed by atoms with Gasteiger partial charge in [0.05, 0.1) is 17.9 Å². The molecule has 2 aromatic carbocycles. The average Bonchev–Trinajstić information content (AvgIpc) is 2.62. The van der Waals surface area contributed by atoms with Crippen molar-refractivity contribution < 1.29 is 19.1 Å². The van der Waals surface area contributed by atoms with Crippen LogP contribution in [0.1, 0.15) is 28.9 Å². The number of aliphatic imine (C=N–C) groups is 1. The molecule has 0 fully saturated rings. The van der Waals surface area contributed by atoms with Gasteiger partial charge in [-0.25, -0.2) is 4.79 Å². The fourth-order valence-electron chi connectivity index (χ4n) is 2.34. The Balaban J connectivity index is 1.78.